The van der Waals surface area contributed by atoms with Crippen molar-refractivity contribution in [1.82, 2.24) is 10.6 Å². The molecule has 1 atom stereocenters. The Kier molecular flexibility index (Phi) is 4.85. The molecule has 3 N–H and O–H groups in total. The van der Waals surface area contributed by atoms with E-state index < -0.39 is 17.4 Å². The molecular formula is C15H19ClN2O3. The lowest BCUT2D eigenvalue weighted by atomic mass is 9.80. The minimum Gasteiger partial charge on any atom is -0.479 e. The van der Waals surface area contributed by atoms with Gasteiger partial charge in [-0.25, -0.2) is 4.79 Å². The lowest BCUT2D eigenvalue weighted by molar-refractivity contribution is -0.144. The van der Waals surface area contributed by atoms with Crippen LogP contribution in [0.15, 0.2) is 24.3 Å². The molecule has 0 spiro atoms. The SMILES string of the molecule is CC1(C(=O)N[C@@H](C(=O)O)c2ccccc2Cl)CCNCC1. The Morgan fingerprint density at radius 3 is 2.52 bits per heavy atom. The summed E-state index contributed by atoms with van der Waals surface area (Å²) in [6.07, 6.45) is 1.38. The van der Waals surface area contributed by atoms with E-state index in [4.69, 9.17) is 11.6 Å². The second-order valence-electron chi connectivity index (χ2n) is 5.58. The van der Waals surface area contributed by atoms with Crippen molar-refractivity contribution in [3.8, 4) is 0 Å². The Morgan fingerprint density at radius 1 is 1.33 bits per heavy atom. The molecule has 21 heavy (non-hydrogen) atoms. The smallest absolute Gasteiger partial charge is 0.330 e. The Labute approximate surface area is 128 Å². The number of carbonyl (C=O) groups excluding carboxylic acids is 1. The van der Waals surface area contributed by atoms with Gasteiger partial charge in [0.15, 0.2) is 6.04 Å². The zero-order valence-corrected chi connectivity index (χ0v) is 12.6. The van der Waals surface area contributed by atoms with Gasteiger partial charge in [-0.15, -0.1) is 0 Å². The van der Waals surface area contributed by atoms with Crippen LogP contribution >= 0.6 is 11.6 Å². The highest BCUT2D eigenvalue weighted by atomic mass is 35.5. The molecule has 6 heteroatoms. The molecule has 1 fully saturated rings. The van der Waals surface area contributed by atoms with Gasteiger partial charge in [-0.05, 0) is 32.0 Å². The number of piperidine rings is 1. The largest absolute Gasteiger partial charge is 0.479 e. The topological polar surface area (TPSA) is 78.4 Å². The summed E-state index contributed by atoms with van der Waals surface area (Å²) in [5.74, 6) is -1.36. The summed E-state index contributed by atoms with van der Waals surface area (Å²) in [6, 6.07) is 5.53. The monoisotopic (exact) mass is 310 g/mol. The molecule has 114 valence electrons. The molecule has 1 aliphatic rings. The predicted octanol–water partition coefficient (Wildman–Crippen LogP) is 1.97. The molecule has 0 unspecified atom stereocenters. The molecule has 1 saturated heterocycles. The van der Waals surface area contributed by atoms with Gasteiger partial charge in [0.1, 0.15) is 0 Å². The molecule has 1 aromatic rings. The average molecular weight is 311 g/mol. The fourth-order valence-electron chi connectivity index (χ4n) is 2.49. The van der Waals surface area contributed by atoms with Crippen LogP contribution in [0.3, 0.4) is 0 Å². The van der Waals surface area contributed by atoms with E-state index in [1.807, 2.05) is 6.92 Å². The molecule has 5 nitrogen and oxygen atoms in total. The normalized spacial score (nSPS) is 18.8. The highest BCUT2D eigenvalue weighted by Gasteiger charge is 2.37. The summed E-state index contributed by atoms with van der Waals surface area (Å²) >= 11 is 6.04. The summed E-state index contributed by atoms with van der Waals surface area (Å²) in [6.45, 7) is 3.39. The summed E-state index contributed by atoms with van der Waals surface area (Å²) in [7, 11) is 0. The fraction of sp³-hybridized carbons (Fsp3) is 0.467. The standard InChI is InChI=1S/C15H19ClN2O3/c1-15(6-8-17-9-7-15)14(21)18-12(13(19)20)10-4-2-3-5-11(10)16/h2-5,12,17H,6-9H2,1H3,(H,18,21)(H,19,20)/t12-/m1/s1. The molecule has 1 aromatic carbocycles. The average Bonchev–Trinajstić information content (AvgIpc) is 2.46. The van der Waals surface area contributed by atoms with E-state index in [-0.39, 0.29) is 5.91 Å². The molecule has 1 aliphatic heterocycles. The number of rotatable bonds is 4. The zero-order chi connectivity index (χ0) is 15.5. The number of carboxylic acids is 1. The maximum absolute atomic E-state index is 12.5. The van der Waals surface area contributed by atoms with Gasteiger partial charge >= 0.3 is 5.97 Å². The van der Waals surface area contributed by atoms with Gasteiger partial charge < -0.3 is 15.7 Å². The van der Waals surface area contributed by atoms with E-state index in [1.54, 1.807) is 24.3 Å². The van der Waals surface area contributed by atoms with E-state index in [0.29, 0.717) is 23.4 Å². The molecular weight excluding hydrogens is 292 g/mol. The first kappa shape index (κ1) is 15.8. The molecule has 0 radical (unpaired) electrons. The number of hydrogen-bond donors (Lipinski definition) is 3. The number of halogens is 1. The number of amides is 1. The third-order valence-corrected chi connectivity index (χ3v) is 4.34. The maximum atomic E-state index is 12.5. The van der Waals surface area contributed by atoms with Crippen LogP contribution in [0.4, 0.5) is 0 Å². The molecule has 0 bridgehead atoms. The van der Waals surface area contributed by atoms with Crippen LogP contribution in [-0.4, -0.2) is 30.1 Å². The van der Waals surface area contributed by atoms with Crippen molar-refractivity contribution in [3.63, 3.8) is 0 Å². The van der Waals surface area contributed by atoms with Crippen LogP contribution in [0.1, 0.15) is 31.4 Å². The second kappa shape index (κ2) is 6.45. The van der Waals surface area contributed by atoms with Gasteiger partial charge in [-0.1, -0.05) is 36.7 Å². The van der Waals surface area contributed by atoms with Crippen molar-refractivity contribution >= 4 is 23.5 Å². The van der Waals surface area contributed by atoms with E-state index in [2.05, 4.69) is 10.6 Å². The van der Waals surface area contributed by atoms with Crippen molar-refractivity contribution in [1.29, 1.82) is 0 Å². The quantitative estimate of drug-likeness (QED) is 0.794. The van der Waals surface area contributed by atoms with Crippen LogP contribution < -0.4 is 10.6 Å². The molecule has 2 rings (SSSR count). The molecule has 1 amide bonds. The van der Waals surface area contributed by atoms with Crippen molar-refractivity contribution < 1.29 is 14.7 Å². The van der Waals surface area contributed by atoms with Crippen molar-refractivity contribution in [2.24, 2.45) is 5.41 Å². The molecule has 0 aliphatic carbocycles. The highest BCUT2D eigenvalue weighted by molar-refractivity contribution is 6.31. The first-order valence-electron chi connectivity index (χ1n) is 6.93. The highest BCUT2D eigenvalue weighted by Crippen LogP contribution is 2.30. The van der Waals surface area contributed by atoms with Crippen LogP contribution in [0.2, 0.25) is 5.02 Å². The number of carbonyl (C=O) groups is 2. The fourth-order valence-corrected chi connectivity index (χ4v) is 2.74. The molecule has 0 saturated carbocycles. The van der Waals surface area contributed by atoms with Gasteiger partial charge in [0, 0.05) is 16.0 Å². The Morgan fingerprint density at radius 2 is 1.95 bits per heavy atom. The minimum atomic E-state index is -1.13. The van der Waals surface area contributed by atoms with Gasteiger partial charge in [-0.3, -0.25) is 4.79 Å². The van der Waals surface area contributed by atoms with Gasteiger partial charge in [-0.2, -0.15) is 0 Å². The maximum Gasteiger partial charge on any atom is 0.330 e. The number of nitrogens with one attached hydrogen (secondary N) is 2. The Balaban J connectivity index is 2.19. The predicted molar refractivity (Wildman–Crippen MR) is 80.2 cm³/mol. The van der Waals surface area contributed by atoms with Gasteiger partial charge in [0.25, 0.3) is 0 Å². The van der Waals surface area contributed by atoms with Crippen LogP contribution in [-0.2, 0) is 9.59 Å². The number of hydrogen-bond acceptors (Lipinski definition) is 3. The van der Waals surface area contributed by atoms with Crippen LogP contribution in [0, 0.1) is 5.41 Å². The van der Waals surface area contributed by atoms with Crippen LogP contribution in [0.5, 0.6) is 0 Å². The summed E-state index contributed by atoms with van der Waals surface area (Å²) in [5, 5.41) is 15.6. The molecule has 0 aromatic heterocycles. The van der Waals surface area contributed by atoms with E-state index in [0.717, 1.165) is 13.1 Å². The van der Waals surface area contributed by atoms with E-state index in [9.17, 15) is 14.7 Å². The Hall–Kier alpha value is -1.59. The number of carboxylic acid groups (broad SMARTS) is 1. The molecule has 1 heterocycles. The second-order valence-corrected chi connectivity index (χ2v) is 5.98. The Bertz CT molecular complexity index is 541. The van der Waals surface area contributed by atoms with Crippen molar-refractivity contribution in [2.45, 2.75) is 25.8 Å². The van der Waals surface area contributed by atoms with Gasteiger partial charge in [0.2, 0.25) is 5.91 Å². The first-order chi connectivity index (χ1) is 9.94. The first-order valence-corrected chi connectivity index (χ1v) is 7.31. The van der Waals surface area contributed by atoms with Crippen molar-refractivity contribution in [3.05, 3.63) is 34.9 Å². The summed E-state index contributed by atoms with van der Waals surface area (Å²) in [5.41, 5.74) is -0.141. The van der Waals surface area contributed by atoms with Crippen LogP contribution in [0.25, 0.3) is 0 Å². The minimum absolute atomic E-state index is 0.240. The third-order valence-electron chi connectivity index (χ3n) is 3.99. The lowest BCUT2D eigenvalue weighted by Gasteiger charge is -2.33. The van der Waals surface area contributed by atoms with E-state index in [1.165, 1.54) is 0 Å². The summed E-state index contributed by atoms with van der Waals surface area (Å²) < 4.78 is 0. The number of benzene rings is 1. The number of aliphatic carboxylic acids is 1. The lowest BCUT2D eigenvalue weighted by Crippen LogP contribution is -2.48. The van der Waals surface area contributed by atoms with Gasteiger partial charge in [0.05, 0.1) is 0 Å². The third kappa shape index (κ3) is 3.54. The zero-order valence-electron chi connectivity index (χ0n) is 11.9. The van der Waals surface area contributed by atoms with E-state index >= 15 is 0 Å². The van der Waals surface area contributed by atoms with Crippen molar-refractivity contribution in [2.75, 3.05) is 13.1 Å². The summed E-state index contributed by atoms with van der Waals surface area (Å²) in [4.78, 5) is 24.0.